The van der Waals surface area contributed by atoms with Gasteiger partial charge in [-0.3, -0.25) is 4.98 Å². The smallest absolute Gasteiger partial charge is 0.409 e. The molecule has 1 aromatic rings. The highest BCUT2D eigenvalue weighted by atomic mass is 79.9. The standard InChI is InChI=1S/C14H19Br2N3O2/c1-2-21-14(20)19-5-3-11(4-6-19)17-9-13-12(16)7-10(15)8-18-13/h7-8,11,17H,2-6,9H2,1H3. The largest absolute Gasteiger partial charge is 0.450 e. The SMILES string of the molecule is CCOC(=O)N1CCC(NCc2ncc(Br)cc2Br)CC1. The van der Waals surface area contributed by atoms with Gasteiger partial charge in [0.2, 0.25) is 0 Å². The molecule has 0 radical (unpaired) electrons. The summed E-state index contributed by atoms with van der Waals surface area (Å²) in [6.45, 7) is 4.46. The van der Waals surface area contributed by atoms with Gasteiger partial charge in [-0.2, -0.15) is 0 Å². The number of aromatic nitrogens is 1. The lowest BCUT2D eigenvalue weighted by atomic mass is 10.1. The van der Waals surface area contributed by atoms with Gasteiger partial charge < -0.3 is 15.0 Å². The molecule has 0 bridgehead atoms. The second kappa shape index (κ2) is 8.10. The van der Waals surface area contributed by atoms with Crippen LogP contribution in [0.1, 0.15) is 25.5 Å². The fraction of sp³-hybridized carbons (Fsp3) is 0.571. The molecule has 2 rings (SSSR count). The van der Waals surface area contributed by atoms with E-state index in [1.165, 1.54) is 0 Å². The molecule has 0 unspecified atom stereocenters. The maximum Gasteiger partial charge on any atom is 0.409 e. The Morgan fingerprint density at radius 1 is 1.48 bits per heavy atom. The normalized spacial score (nSPS) is 16.0. The van der Waals surface area contributed by atoms with Gasteiger partial charge in [0, 0.05) is 40.8 Å². The van der Waals surface area contributed by atoms with Crippen LogP contribution >= 0.6 is 31.9 Å². The molecule has 1 amide bonds. The van der Waals surface area contributed by atoms with Crippen molar-refractivity contribution in [2.24, 2.45) is 0 Å². The fourth-order valence-corrected chi connectivity index (χ4v) is 3.42. The van der Waals surface area contributed by atoms with Gasteiger partial charge in [-0.25, -0.2) is 4.79 Å². The van der Waals surface area contributed by atoms with E-state index in [2.05, 4.69) is 42.2 Å². The number of piperidine rings is 1. The van der Waals surface area contributed by atoms with E-state index >= 15 is 0 Å². The van der Waals surface area contributed by atoms with Crippen LogP contribution in [0.2, 0.25) is 0 Å². The number of nitrogens with zero attached hydrogens (tertiary/aromatic N) is 2. The molecule has 5 nitrogen and oxygen atoms in total. The van der Waals surface area contributed by atoms with E-state index in [9.17, 15) is 4.79 Å². The third-order valence-electron chi connectivity index (χ3n) is 3.46. The summed E-state index contributed by atoms with van der Waals surface area (Å²) in [7, 11) is 0. The number of nitrogens with one attached hydrogen (secondary N) is 1. The van der Waals surface area contributed by atoms with Gasteiger partial charge in [0.15, 0.2) is 0 Å². The quantitative estimate of drug-likeness (QED) is 0.811. The Labute approximate surface area is 141 Å². The van der Waals surface area contributed by atoms with Crippen LogP contribution in [0, 0.1) is 0 Å². The molecular formula is C14H19Br2N3O2. The number of amides is 1. The van der Waals surface area contributed by atoms with Crippen molar-refractivity contribution in [2.45, 2.75) is 32.4 Å². The molecule has 0 saturated carbocycles. The fourth-order valence-electron chi connectivity index (χ4n) is 2.29. The Balaban J connectivity index is 1.77. The Bertz CT molecular complexity index is 491. The van der Waals surface area contributed by atoms with Crippen molar-refractivity contribution in [3.05, 3.63) is 26.9 Å². The number of halogens is 2. The van der Waals surface area contributed by atoms with Gasteiger partial charge in [-0.05, 0) is 57.7 Å². The van der Waals surface area contributed by atoms with Crippen LogP contribution < -0.4 is 5.32 Å². The number of rotatable bonds is 4. The number of ether oxygens (including phenoxy) is 1. The van der Waals surface area contributed by atoms with Crippen molar-refractivity contribution >= 4 is 38.0 Å². The zero-order valence-electron chi connectivity index (χ0n) is 11.9. The average Bonchev–Trinajstić information content (AvgIpc) is 2.47. The molecule has 1 aromatic heterocycles. The summed E-state index contributed by atoms with van der Waals surface area (Å²) in [6.07, 6.45) is 3.47. The minimum Gasteiger partial charge on any atom is -0.450 e. The molecule has 1 aliphatic rings. The van der Waals surface area contributed by atoms with Crippen LogP contribution in [0.3, 0.4) is 0 Å². The molecule has 116 valence electrons. The monoisotopic (exact) mass is 419 g/mol. The minimum absolute atomic E-state index is 0.201. The van der Waals surface area contributed by atoms with Gasteiger partial charge in [-0.15, -0.1) is 0 Å². The Morgan fingerprint density at radius 3 is 2.81 bits per heavy atom. The minimum atomic E-state index is -0.201. The molecule has 0 spiro atoms. The first kappa shape index (κ1) is 16.7. The zero-order valence-corrected chi connectivity index (χ0v) is 15.1. The van der Waals surface area contributed by atoms with Crippen LogP contribution in [-0.4, -0.2) is 41.7 Å². The summed E-state index contributed by atoms with van der Waals surface area (Å²) in [4.78, 5) is 17.8. The Kier molecular flexibility index (Phi) is 6.44. The first-order valence-electron chi connectivity index (χ1n) is 7.05. The molecule has 0 aromatic carbocycles. The van der Waals surface area contributed by atoms with Crippen molar-refractivity contribution in [3.8, 4) is 0 Å². The first-order chi connectivity index (χ1) is 10.1. The van der Waals surface area contributed by atoms with Crippen LogP contribution in [-0.2, 0) is 11.3 Å². The zero-order chi connectivity index (χ0) is 15.2. The summed E-state index contributed by atoms with van der Waals surface area (Å²) in [5.74, 6) is 0. The highest BCUT2D eigenvalue weighted by molar-refractivity contribution is 9.11. The molecule has 7 heteroatoms. The number of pyridine rings is 1. The topological polar surface area (TPSA) is 54.5 Å². The lowest BCUT2D eigenvalue weighted by molar-refractivity contribution is 0.0949. The molecule has 1 saturated heterocycles. The molecule has 1 fully saturated rings. The van der Waals surface area contributed by atoms with Crippen molar-refractivity contribution in [1.82, 2.24) is 15.2 Å². The van der Waals surface area contributed by atoms with Crippen LogP contribution in [0.4, 0.5) is 4.79 Å². The number of hydrogen-bond donors (Lipinski definition) is 1. The highest BCUT2D eigenvalue weighted by Gasteiger charge is 2.23. The second-order valence-corrected chi connectivity index (χ2v) is 6.69. The van der Waals surface area contributed by atoms with Crippen molar-refractivity contribution in [2.75, 3.05) is 19.7 Å². The first-order valence-corrected chi connectivity index (χ1v) is 8.63. The Hall–Kier alpha value is -0.660. The van der Waals surface area contributed by atoms with E-state index < -0.39 is 0 Å². The maximum absolute atomic E-state index is 11.6. The maximum atomic E-state index is 11.6. The van der Waals surface area contributed by atoms with Crippen molar-refractivity contribution in [1.29, 1.82) is 0 Å². The summed E-state index contributed by atoms with van der Waals surface area (Å²) in [6, 6.07) is 2.40. The second-order valence-electron chi connectivity index (χ2n) is 4.92. The van der Waals surface area contributed by atoms with E-state index in [4.69, 9.17) is 4.74 Å². The highest BCUT2D eigenvalue weighted by Crippen LogP contribution is 2.20. The predicted molar refractivity (Wildman–Crippen MR) is 88.1 cm³/mol. The lowest BCUT2D eigenvalue weighted by Crippen LogP contribution is -2.45. The predicted octanol–water partition coefficient (Wildman–Crippen LogP) is 3.32. The van der Waals surface area contributed by atoms with E-state index in [0.717, 1.165) is 47.1 Å². The van der Waals surface area contributed by atoms with E-state index in [0.29, 0.717) is 12.6 Å². The number of hydrogen-bond acceptors (Lipinski definition) is 4. The number of carbonyl (C=O) groups excluding carboxylic acids is 1. The molecule has 2 heterocycles. The Morgan fingerprint density at radius 2 is 2.19 bits per heavy atom. The third kappa shape index (κ3) is 4.93. The van der Waals surface area contributed by atoms with E-state index in [1.807, 2.05) is 13.0 Å². The van der Waals surface area contributed by atoms with Crippen LogP contribution in [0.5, 0.6) is 0 Å². The summed E-state index contributed by atoms with van der Waals surface area (Å²) in [5.41, 5.74) is 0.992. The van der Waals surface area contributed by atoms with Gasteiger partial charge in [0.1, 0.15) is 0 Å². The van der Waals surface area contributed by atoms with E-state index in [1.54, 1.807) is 11.1 Å². The molecule has 1 aliphatic heterocycles. The molecule has 1 N–H and O–H groups in total. The van der Waals surface area contributed by atoms with Crippen molar-refractivity contribution in [3.63, 3.8) is 0 Å². The summed E-state index contributed by atoms with van der Waals surface area (Å²) < 4.78 is 6.97. The summed E-state index contributed by atoms with van der Waals surface area (Å²) in [5, 5.41) is 3.50. The molecule has 21 heavy (non-hydrogen) atoms. The van der Waals surface area contributed by atoms with Crippen LogP contribution in [0.25, 0.3) is 0 Å². The van der Waals surface area contributed by atoms with Gasteiger partial charge >= 0.3 is 6.09 Å². The van der Waals surface area contributed by atoms with Gasteiger partial charge in [0.05, 0.1) is 12.3 Å². The van der Waals surface area contributed by atoms with Gasteiger partial charge in [-0.1, -0.05) is 0 Å². The molecular weight excluding hydrogens is 402 g/mol. The van der Waals surface area contributed by atoms with Crippen molar-refractivity contribution < 1.29 is 9.53 Å². The average molecular weight is 421 g/mol. The third-order valence-corrected chi connectivity index (χ3v) is 4.58. The molecule has 0 atom stereocenters. The van der Waals surface area contributed by atoms with Crippen LogP contribution in [0.15, 0.2) is 21.2 Å². The number of likely N-dealkylation sites (tertiary alicyclic amines) is 1. The number of carbonyl (C=O) groups is 1. The van der Waals surface area contributed by atoms with Gasteiger partial charge in [0.25, 0.3) is 0 Å². The van der Waals surface area contributed by atoms with E-state index in [-0.39, 0.29) is 6.09 Å². The summed E-state index contributed by atoms with van der Waals surface area (Å²) >= 11 is 6.91. The lowest BCUT2D eigenvalue weighted by Gasteiger charge is -2.31. The molecule has 0 aliphatic carbocycles.